The molecule has 0 saturated heterocycles. The van der Waals surface area contributed by atoms with Gasteiger partial charge in [0.2, 0.25) is 0 Å². The average Bonchev–Trinajstić information content (AvgIpc) is 3.08. The van der Waals surface area contributed by atoms with Crippen LogP contribution in [0.4, 0.5) is 18.9 Å². The van der Waals surface area contributed by atoms with Crippen LogP contribution >= 0.6 is 0 Å². The van der Waals surface area contributed by atoms with Crippen molar-refractivity contribution in [2.24, 2.45) is 0 Å². The van der Waals surface area contributed by atoms with Gasteiger partial charge in [-0.25, -0.2) is 18.4 Å². The number of rotatable bonds is 4. The molecular formula is C19H14F3N5O2S. The van der Waals surface area contributed by atoms with Crippen molar-refractivity contribution in [3.63, 3.8) is 0 Å². The van der Waals surface area contributed by atoms with E-state index in [0.717, 1.165) is 22.7 Å². The molecule has 0 spiro atoms. The topological polar surface area (TPSA) is 101 Å². The number of sulfonamides is 1. The molecule has 0 aliphatic heterocycles. The molecule has 0 bridgehead atoms. The Balaban J connectivity index is 1.58. The number of pyridine rings is 1. The number of benzene rings is 1. The Labute approximate surface area is 169 Å². The van der Waals surface area contributed by atoms with Crippen molar-refractivity contribution in [2.75, 3.05) is 4.72 Å². The van der Waals surface area contributed by atoms with E-state index in [9.17, 15) is 21.6 Å². The Morgan fingerprint density at radius 3 is 2.37 bits per heavy atom. The van der Waals surface area contributed by atoms with Gasteiger partial charge < -0.3 is 4.98 Å². The zero-order chi connectivity index (χ0) is 21.5. The van der Waals surface area contributed by atoms with Crippen molar-refractivity contribution in [2.45, 2.75) is 18.0 Å². The van der Waals surface area contributed by atoms with Crippen LogP contribution in [0.25, 0.3) is 22.3 Å². The third-order valence-corrected chi connectivity index (χ3v) is 5.67. The number of aryl methyl sites for hydroxylation is 1. The summed E-state index contributed by atoms with van der Waals surface area (Å²) < 4.78 is 65.0. The molecule has 11 heteroatoms. The number of fused-ring (bicyclic) bond motifs is 1. The quantitative estimate of drug-likeness (QED) is 0.504. The second-order valence-corrected chi connectivity index (χ2v) is 8.18. The van der Waals surface area contributed by atoms with Crippen LogP contribution in [-0.4, -0.2) is 28.4 Å². The summed E-state index contributed by atoms with van der Waals surface area (Å²) in [5.41, 5.74) is 2.14. The summed E-state index contributed by atoms with van der Waals surface area (Å²) in [6.07, 6.45) is -2.54. The van der Waals surface area contributed by atoms with Crippen molar-refractivity contribution < 1.29 is 21.6 Å². The number of aromatic nitrogens is 4. The second-order valence-electron chi connectivity index (χ2n) is 6.50. The number of hydrogen-bond acceptors (Lipinski definition) is 5. The molecule has 0 fully saturated rings. The predicted octanol–water partition coefficient (Wildman–Crippen LogP) is 4.15. The van der Waals surface area contributed by atoms with Gasteiger partial charge in [-0.1, -0.05) is 12.1 Å². The normalized spacial score (nSPS) is 12.3. The van der Waals surface area contributed by atoms with E-state index < -0.39 is 21.9 Å². The lowest BCUT2D eigenvalue weighted by atomic mass is 10.1. The third-order valence-electron chi connectivity index (χ3n) is 4.31. The van der Waals surface area contributed by atoms with Crippen molar-refractivity contribution in [3.05, 3.63) is 66.4 Å². The summed E-state index contributed by atoms with van der Waals surface area (Å²) in [5, 5.41) is 0.833. The van der Waals surface area contributed by atoms with Crippen LogP contribution in [-0.2, 0) is 16.2 Å². The van der Waals surface area contributed by atoms with E-state index in [1.165, 1.54) is 18.5 Å². The summed E-state index contributed by atoms with van der Waals surface area (Å²) in [7, 11) is -4.09. The van der Waals surface area contributed by atoms with E-state index in [4.69, 9.17) is 0 Å². The van der Waals surface area contributed by atoms with Crippen LogP contribution in [0.5, 0.6) is 0 Å². The molecular weight excluding hydrogens is 419 g/mol. The Hall–Kier alpha value is -3.47. The molecule has 1 aromatic carbocycles. The Bertz CT molecular complexity index is 1320. The molecule has 3 heterocycles. The van der Waals surface area contributed by atoms with Crippen LogP contribution in [0.2, 0.25) is 0 Å². The first-order valence-electron chi connectivity index (χ1n) is 8.60. The van der Waals surface area contributed by atoms with Crippen LogP contribution in [0.3, 0.4) is 0 Å². The third kappa shape index (κ3) is 3.83. The Morgan fingerprint density at radius 1 is 1.00 bits per heavy atom. The van der Waals surface area contributed by atoms with Gasteiger partial charge in [-0.2, -0.15) is 13.2 Å². The molecule has 0 aliphatic rings. The smallest absolute Gasteiger partial charge is 0.343 e. The fourth-order valence-electron chi connectivity index (χ4n) is 2.92. The highest BCUT2D eigenvalue weighted by Gasteiger charge is 2.32. The lowest BCUT2D eigenvalue weighted by Crippen LogP contribution is -2.14. The van der Waals surface area contributed by atoms with E-state index in [1.54, 1.807) is 12.1 Å². The van der Waals surface area contributed by atoms with E-state index in [0.29, 0.717) is 23.6 Å². The monoisotopic (exact) mass is 433 g/mol. The standard InChI is InChI=1S/C19H14F3N5O2S/c1-11-8-15-17(24-10-25-18(15)26-11)12-2-4-13(5-3-12)27-30(28,29)14-6-7-16(23-9-14)19(20,21)22/h2-10,27H,1H3,(H,24,25,26). The number of H-pyrrole nitrogens is 1. The lowest BCUT2D eigenvalue weighted by molar-refractivity contribution is -0.141. The van der Waals surface area contributed by atoms with E-state index in [2.05, 4.69) is 24.7 Å². The molecule has 4 rings (SSSR count). The average molecular weight is 433 g/mol. The fourth-order valence-corrected chi connectivity index (χ4v) is 3.92. The Kier molecular flexibility index (Phi) is 4.69. The number of nitrogens with one attached hydrogen (secondary N) is 2. The van der Waals surface area contributed by atoms with Gasteiger partial charge in [0.1, 0.15) is 22.6 Å². The van der Waals surface area contributed by atoms with Crippen LogP contribution in [0, 0.1) is 6.92 Å². The van der Waals surface area contributed by atoms with Crippen LogP contribution in [0.15, 0.2) is 59.9 Å². The number of nitrogens with zero attached hydrogens (tertiary/aromatic N) is 3. The number of aromatic amines is 1. The minimum absolute atomic E-state index is 0.245. The highest BCUT2D eigenvalue weighted by atomic mass is 32.2. The van der Waals surface area contributed by atoms with Gasteiger partial charge in [-0.05, 0) is 37.3 Å². The molecule has 0 aliphatic carbocycles. The van der Waals surface area contributed by atoms with Gasteiger partial charge in [-0.15, -0.1) is 0 Å². The molecule has 154 valence electrons. The van der Waals surface area contributed by atoms with Gasteiger partial charge in [0.05, 0.1) is 5.69 Å². The molecule has 0 unspecified atom stereocenters. The van der Waals surface area contributed by atoms with E-state index in [-0.39, 0.29) is 10.6 Å². The molecule has 0 amide bonds. The van der Waals surface area contributed by atoms with Gasteiger partial charge in [0, 0.05) is 28.5 Å². The molecule has 0 saturated carbocycles. The largest absolute Gasteiger partial charge is 0.433 e. The first-order chi connectivity index (χ1) is 14.1. The number of halogens is 3. The lowest BCUT2D eigenvalue weighted by Gasteiger charge is -2.10. The predicted molar refractivity (Wildman–Crippen MR) is 104 cm³/mol. The molecule has 0 radical (unpaired) electrons. The maximum atomic E-state index is 12.6. The zero-order valence-electron chi connectivity index (χ0n) is 15.4. The summed E-state index contributed by atoms with van der Waals surface area (Å²) in [6, 6.07) is 9.85. The van der Waals surface area contributed by atoms with Crippen molar-refractivity contribution in [1.29, 1.82) is 0 Å². The SMILES string of the molecule is Cc1cc2c(-c3ccc(NS(=O)(=O)c4ccc(C(F)(F)F)nc4)cc3)ncnc2[nH]1. The van der Waals surface area contributed by atoms with Crippen molar-refractivity contribution >= 4 is 26.7 Å². The molecule has 4 aromatic rings. The summed E-state index contributed by atoms with van der Waals surface area (Å²) in [4.78, 5) is 14.4. The summed E-state index contributed by atoms with van der Waals surface area (Å²) in [5.74, 6) is 0. The number of anilines is 1. The highest BCUT2D eigenvalue weighted by Crippen LogP contribution is 2.29. The van der Waals surface area contributed by atoms with Crippen molar-refractivity contribution in [1.82, 2.24) is 19.9 Å². The van der Waals surface area contributed by atoms with Gasteiger partial charge in [-0.3, -0.25) is 9.71 Å². The highest BCUT2D eigenvalue weighted by molar-refractivity contribution is 7.92. The van der Waals surface area contributed by atoms with Gasteiger partial charge in [0.15, 0.2) is 0 Å². The van der Waals surface area contributed by atoms with Gasteiger partial charge in [0.25, 0.3) is 10.0 Å². The van der Waals surface area contributed by atoms with Gasteiger partial charge >= 0.3 is 6.18 Å². The maximum absolute atomic E-state index is 12.6. The minimum Gasteiger partial charge on any atom is -0.343 e. The Morgan fingerprint density at radius 2 is 1.73 bits per heavy atom. The molecule has 3 aromatic heterocycles. The molecule has 7 nitrogen and oxygen atoms in total. The first-order valence-corrected chi connectivity index (χ1v) is 10.1. The number of hydrogen-bond donors (Lipinski definition) is 2. The molecule has 30 heavy (non-hydrogen) atoms. The second kappa shape index (κ2) is 7.10. The number of alkyl halides is 3. The van der Waals surface area contributed by atoms with Crippen molar-refractivity contribution in [3.8, 4) is 11.3 Å². The van der Waals surface area contributed by atoms with Crippen LogP contribution < -0.4 is 4.72 Å². The van der Waals surface area contributed by atoms with Crippen LogP contribution in [0.1, 0.15) is 11.4 Å². The first kappa shape index (κ1) is 19.8. The fraction of sp³-hybridized carbons (Fsp3) is 0.105. The minimum atomic E-state index is -4.64. The summed E-state index contributed by atoms with van der Waals surface area (Å²) in [6.45, 7) is 1.90. The van der Waals surface area contributed by atoms with E-state index in [1.807, 2.05) is 13.0 Å². The molecule has 0 atom stereocenters. The van der Waals surface area contributed by atoms with E-state index >= 15 is 0 Å². The summed E-state index contributed by atoms with van der Waals surface area (Å²) >= 11 is 0. The zero-order valence-corrected chi connectivity index (χ0v) is 16.2. The maximum Gasteiger partial charge on any atom is 0.433 e. The molecule has 2 N–H and O–H groups in total.